The van der Waals surface area contributed by atoms with Gasteiger partial charge in [-0.05, 0) is 20.3 Å². The van der Waals surface area contributed by atoms with Crippen molar-refractivity contribution in [3.63, 3.8) is 0 Å². The van der Waals surface area contributed by atoms with Gasteiger partial charge in [0.05, 0.1) is 11.9 Å². The van der Waals surface area contributed by atoms with Gasteiger partial charge in [-0.2, -0.15) is 0 Å². The fourth-order valence-corrected chi connectivity index (χ4v) is 1.48. The highest BCUT2D eigenvalue weighted by Crippen LogP contribution is 2.12. The Morgan fingerprint density at radius 3 is 2.93 bits per heavy atom. The van der Waals surface area contributed by atoms with Gasteiger partial charge in [-0.15, -0.1) is 5.10 Å². The molecule has 0 aromatic carbocycles. The standard InChI is InChI=1S/C9H15N3O2S/c1-4-6(2)14-8(13)5-15-9-10-7(3)11-12-9/h6H,4-5H2,1-3H3,(H,10,11,12). The Labute approximate surface area is 93.0 Å². The van der Waals surface area contributed by atoms with E-state index in [-0.39, 0.29) is 17.8 Å². The number of ether oxygens (including phenoxy) is 1. The highest BCUT2D eigenvalue weighted by molar-refractivity contribution is 7.99. The van der Waals surface area contributed by atoms with E-state index < -0.39 is 0 Å². The number of hydrogen-bond acceptors (Lipinski definition) is 5. The number of hydrogen-bond donors (Lipinski definition) is 1. The summed E-state index contributed by atoms with van der Waals surface area (Å²) in [5, 5.41) is 7.19. The predicted molar refractivity (Wildman–Crippen MR) is 57.7 cm³/mol. The predicted octanol–water partition coefficient (Wildman–Crippen LogP) is 1.55. The number of nitrogens with zero attached hydrogens (tertiary/aromatic N) is 2. The maximum absolute atomic E-state index is 11.3. The van der Waals surface area contributed by atoms with E-state index >= 15 is 0 Å². The van der Waals surface area contributed by atoms with Crippen LogP contribution in [0.15, 0.2) is 5.16 Å². The van der Waals surface area contributed by atoms with Crippen LogP contribution in [-0.4, -0.2) is 33.0 Å². The summed E-state index contributed by atoms with van der Waals surface area (Å²) in [4.78, 5) is 15.4. The Morgan fingerprint density at radius 1 is 1.67 bits per heavy atom. The third-order valence-electron chi connectivity index (χ3n) is 1.80. The van der Waals surface area contributed by atoms with Crippen molar-refractivity contribution >= 4 is 17.7 Å². The van der Waals surface area contributed by atoms with Gasteiger partial charge in [-0.3, -0.25) is 9.89 Å². The Balaban J connectivity index is 2.28. The molecule has 1 N–H and O–H groups in total. The van der Waals surface area contributed by atoms with E-state index in [2.05, 4.69) is 15.2 Å². The van der Waals surface area contributed by atoms with Crippen LogP contribution in [-0.2, 0) is 9.53 Å². The zero-order chi connectivity index (χ0) is 11.3. The highest BCUT2D eigenvalue weighted by Gasteiger charge is 2.09. The maximum Gasteiger partial charge on any atom is 0.316 e. The van der Waals surface area contributed by atoms with Crippen LogP contribution in [0.25, 0.3) is 0 Å². The van der Waals surface area contributed by atoms with E-state index in [4.69, 9.17) is 4.74 Å². The lowest BCUT2D eigenvalue weighted by Gasteiger charge is -2.09. The highest BCUT2D eigenvalue weighted by atomic mass is 32.2. The molecule has 0 fully saturated rings. The first-order valence-corrected chi connectivity index (χ1v) is 5.81. The SMILES string of the molecule is CCC(C)OC(=O)CSc1n[nH]c(C)n1. The first kappa shape index (κ1) is 12.0. The quantitative estimate of drug-likeness (QED) is 0.613. The molecule has 1 rings (SSSR count). The Morgan fingerprint density at radius 2 is 2.40 bits per heavy atom. The van der Waals surface area contributed by atoms with Gasteiger partial charge in [0.1, 0.15) is 5.82 Å². The third-order valence-corrected chi connectivity index (χ3v) is 2.62. The van der Waals surface area contributed by atoms with Crippen LogP contribution in [0, 0.1) is 6.92 Å². The number of nitrogens with one attached hydrogen (secondary N) is 1. The van der Waals surface area contributed by atoms with E-state index in [9.17, 15) is 4.79 Å². The van der Waals surface area contributed by atoms with Crippen LogP contribution >= 0.6 is 11.8 Å². The second kappa shape index (κ2) is 5.75. The summed E-state index contributed by atoms with van der Waals surface area (Å²) in [6, 6.07) is 0. The van der Waals surface area contributed by atoms with Gasteiger partial charge in [-0.25, -0.2) is 4.98 Å². The van der Waals surface area contributed by atoms with Gasteiger partial charge < -0.3 is 4.74 Å². The maximum atomic E-state index is 11.3. The second-order valence-electron chi connectivity index (χ2n) is 3.20. The first-order valence-electron chi connectivity index (χ1n) is 4.83. The van der Waals surface area contributed by atoms with Gasteiger partial charge in [0.2, 0.25) is 5.16 Å². The smallest absolute Gasteiger partial charge is 0.316 e. The molecule has 0 spiro atoms. The van der Waals surface area contributed by atoms with Crippen molar-refractivity contribution in [1.82, 2.24) is 15.2 Å². The average Bonchev–Trinajstić information content (AvgIpc) is 2.61. The first-order chi connectivity index (χ1) is 7.11. The molecule has 6 heteroatoms. The van der Waals surface area contributed by atoms with E-state index in [1.54, 1.807) is 0 Å². The molecule has 0 aliphatic rings. The van der Waals surface area contributed by atoms with E-state index in [0.717, 1.165) is 12.2 Å². The number of aromatic nitrogens is 3. The molecule has 15 heavy (non-hydrogen) atoms. The molecule has 1 heterocycles. The molecule has 84 valence electrons. The summed E-state index contributed by atoms with van der Waals surface area (Å²) in [6.07, 6.45) is 0.808. The zero-order valence-electron chi connectivity index (χ0n) is 9.11. The largest absolute Gasteiger partial charge is 0.462 e. The van der Waals surface area contributed by atoms with Gasteiger partial charge in [-0.1, -0.05) is 18.7 Å². The molecule has 0 radical (unpaired) electrons. The lowest BCUT2D eigenvalue weighted by molar-refractivity contribution is -0.144. The molecule has 0 saturated carbocycles. The lowest BCUT2D eigenvalue weighted by atomic mass is 10.3. The molecule has 0 saturated heterocycles. The lowest BCUT2D eigenvalue weighted by Crippen LogP contribution is -2.15. The van der Waals surface area contributed by atoms with Crippen LogP contribution in [0.4, 0.5) is 0 Å². The molecule has 0 amide bonds. The fraction of sp³-hybridized carbons (Fsp3) is 0.667. The van der Waals surface area contributed by atoms with Crippen LogP contribution in [0.3, 0.4) is 0 Å². The zero-order valence-corrected chi connectivity index (χ0v) is 9.93. The number of rotatable bonds is 5. The van der Waals surface area contributed by atoms with Crippen LogP contribution in [0.1, 0.15) is 26.1 Å². The number of aryl methyl sites for hydroxylation is 1. The summed E-state index contributed by atoms with van der Waals surface area (Å²) in [5.74, 6) is 0.770. The molecule has 0 aliphatic carbocycles. The number of aromatic amines is 1. The van der Waals surface area contributed by atoms with Crippen molar-refractivity contribution < 1.29 is 9.53 Å². The minimum absolute atomic E-state index is 0.0213. The molecule has 1 atom stereocenters. The summed E-state index contributed by atoms with van der Waals surface area (Å²) in [6.45, 7) is 5.66. The number of esters is 1. The fourth-order valence-electron chi connectivity index (χ4n) is 0.852. The van der Waals surface area contributed by atoms with Crippen molar-refractivity contribution in [2.24, 2.45) is 0 Å². The molecule has 1 aromatic rings. The molecule has 0 bridgehead atoms. The van der Waals surface area contributed by atoms with E-state index in [1.807, 2.05) is 20.8 Å². The van der Waals surface area contributed by atoms with Crippen LogP contribution in [0.5, 0.6) is 0 Å². The van der Waals surface area contributed by atoms with Gasteiger partial charge in [0, 0.05) is 0 Å². The third kappa shape index (κ3) is 4.33. The second-order valence-corrected chi connectivity index (χ2v) is 4.14. The van der Waals surface area contributed by atoms with E-state index in [1.165, 1.54) is 11.8 Å². The minimum atomic E-state index is -0.225. The number of carbonyl (C=O) groups is 1. The molecular formula is C9H15N3O2S. The minimum Gasteiger partial charge on any atom is -0.462 e. The Kier molecular flexibility index (Phi) is 4.61. The van der Waals surface area contributed by atoms with Crippen molar-refractivity contribution in [3.05, 3.63) is 5.82 Å². The summed E-state index contributed by atoms with van der Waals surface area (Å²) < 4.78 is 5.10. The molecule has 1 unspecified atom stereocenters. The van der Waals surface area contributed by atoms with Crippen LogP contribution < -0.4 is 0 Å². The Hall–Kier alpha value is -1.04. The average molecular weight is 229 g/mol. The molecule has 0 aliphatic heterocycles. The van der Waals surface area contributed by atoms with Crippen molar-refractivity contribution in [2.75, 3.05) is 5.75 Å². The normalized spacial score (nSPS) is 12.5. The summed E-state index contributed by atoms with van der Waals surface area (Å²) in [7, 11) is 0. The Bertz CT molecular complexity index is 327. The number of H-pyrrole nitrogens is 1. The van der Waals surface area contributed by atoms with Crippen LogP contribution in [0.2, 0.25) is 0 Å². The van der Waals surface area contributed by atoms with Gasteiger partial charge >= 0.3 is 5.97 Å². The summed E-state index contributed by atoms with van der Waals surface area (Å²) in [5.41, 5.74) is 0. The topological polar surface area (TPSA) is 67.9 Å². The van der Waals surface area contributed by atoms with Crippen molar-refractivity contribution in [3.8, 4) is 0 Å². The monoisotopic (exact) mass is 229 g/mol. The summed E-state index contributed by atoms with van der Waals surface area (Å²) >= 11 is 1.27. The molecule has 5 nitrogen and oxygen atoms in total. The van der Waals surface area contributed by atoms with Gasteiger partial charge in [0.15, 0.2) is 0 Å². The van der Waals surface area contributed by atoms with Gasteiger partial charge in [0.25, 0.3) is 0 Å². The number of carbonyl (C=O) groups excluding carboxylic acids is 1. The molecular weight excluding hydrogens is 214 g/mol. The van der Waals surface area contributed by atoms with Crippen molar-refractivity contribution in [1.29, 1.82) is 0 Å². The molecule has 1 aromatic heterocycles. The number of thioether (sulfide) groups is 1. The van der Waals surface area contributed by atoms with Crippen molar-refractivity contribution in [2.45, 2.75) is 38.5 Å². The van der Waals surface area contributed by atoms with E-state index in [0.29, 0.717) is 5.16 Å².